The second-order valence-corrected chi connectivity index (χ2v) is 6.04. The summed E-state index contributed by atoms with van der Waals surface area (Å²) in [6.45, 7) is 0. The van der Waals surface area contributed by atoms with Gasteiger partial charge in [-0.05, 0) is 47.9 Å². The molecular formula is C18H19ClO. The first kappa shape index (κ1) is 13.7. The highest BCUT2D eigenvalue weighted by Crippen LogP contribution is 2.29. The van der Waals surface area contributed by atoms with Crippen molar-refractivity contribution in [3.05, 3.63) is 70.2 Å². The molecule has 0 saturated carbocycles. The number of aliphatic hydroxyl groups excluding tert-OH is 1. The summed E-state index contributed by atoms with van der Waals surface area (Å²) in [5.41, 5.74) is 3.87. The second-order valence-electron chi connectivity index (χ2n) is 5.63. The van der Waals surface area contributed by atoms with Gasteiger partial charge in [0.2, 0.25) is 0 Å². The van der Waals surface area contributed by atoms with E-state index in [2.05, 4.69) is 24.3 Å². The molecule has 2 unspecified atom stereocenters. The quantitative estimate of drug-likeness (QED) is 0.902. The molecule has 2 heteroatoms. The number of aryl methyl sites for hydroxylation is 1. The summed E-state index contributed by atoms with van der Waals surface area (Å²) in [5.74, 6) is 0.334. The predicted molar refractivity (Wildman–Crippen MR) is 83.1 cm³/mol. The molecule has 2 aromatic carbocycles. The summed E-state index contributed by atoms with van der Waals surface area (Å²) in [6.07, 6.45) is 3.43. The Morgan fingerprint density at radius 2 is 1.75 bits per heavy atom. The van der Waals surface area contributed by atoms with Crippen molar-refractivity contribution >= 4 is 11.6 Å². The Morgan fingerprint density at radius 3 is 2.55 bits per heavy atom. The van der Waals surface area contributed by atoms with Crippen molar-refractivity contribution < 1.29 is 5.11 Å². The number of fused-ring (bicyclic) bond motifs is 1. The van der Waals surface area contributed by atoms with Crippen LogP contribution in [0.5, 0.6) is 0 Å². The summed E-state index contributed by atoms with van der Waals surface area (Å²) in [5, 5.41) is 11.3. The molecule has 104 valence electrons. The minimum atomic E-state index is -0.316. The number of benzene rings is 2. The molecule has 0 aromatic heterocycles. The molecule has 0 bridgehead atoms. The number of hydrogen-bond acceptors (Lipinski definition) is 1. The van der Waals surface area contributed by atoms with Crippen LogP contribution < -0.4 is 0 Å². The highest BCUT2D eigenvalue weighted by molar-refractivity contribution is 6.31. The molecule has 20 heavy (non-hydrogen) atoms. The van der Waals surface area contributed by atoms with Crippen molar-refractivity contribution in [2.75, 3.05) is 0 Å². The first-order valence-electron chi connectivity index (χ1n) is 7.22. The zero-order chi connectivity index (χ0) is 13.9. The van der Waals surface area contributed by atoms with Gasteiger partial charge in [-0.3, -0.25) is 0 Å². The van der Waals surface area contributed by atoms with E-state index in [1.807, 2.05) is 24.3 Å². The van der Waals surface area contributed by atoms with Gasteiger partial charge >= 0.3 is 0 Å². The lowest BCUT2D eigenvalue weighted by atomic mass is 9.79. The maximum atomic E-state index is 10.5. The number of rotatable bonds is 3. The average molecular weight is 287 g/mol. The van der Waals surface area contributed by atoms with E-state index >= 15 is 0 Å². The van der Waals surface area contributed by atoms with Crippen molar-refractivity contribution in [2.24, 2.45) is 5.92 Å². The molecule has 0 aliphatic heterocycles. The van der Waals surface area contributed by atoms with E-state index in [-0.39, 0.29) is 6.10 Å². The van der Waals surface area contributed by atoms with E-state index in [0.717, 1.165) is 29.8 Å². The van der Waals surface area contributed by atoms with Crippen LogP contribution in [0.15, 0.2) is 48.5 Å². The van der Waals surface area contributed by atoms with E-state index < -0.39 is 0 Å². The molecule has 1 aliphatic rings. The lowest BCUT2D eigenvalue weighted by molar-refractivity contribution is 0.0993. The number of aliphatic hydroxyl groups is 1. The van der Waals surface area contributed by atoms with Gasteiger partial charge in [0.1, 0.15) is 0 Å². The maximum Gasteiger partial charge on any atom is 0.0612 e. The first-order chi connectivity index (χ1) is 9.74. The van der Waals surface area contributed by atoms with Gasteiger partial charge in [0.15, 0.2) is 0 Å². The van der Waals surface area contributed by atoms with Gasteiger partial charge in [-0.1, -0.05) is 54.1 Å². The van der Waals surface area contributed by atoms with Crippen LogP contribution >= 0.6 is 11.6 Å². The smallest absolute Gasteiger partial charge is 0.0612 e. The molecule has 0 saturated heterocycles. The largest absolute Gasteiger partial charge is 0.392 e. The highest BCUT2D eigenvalue weighted by atomic mass is 35.5. The van der Waals surface area contributed by atoms with Crippen molar-refractivity contribution in [1.29, 1.82) is 0 Å². The Bertz CT molecular complexity index is 593. The summed E-state index contributed by atoms with van der Waals surface area (Å²) in [4.78, 5) is 0. The molecule has 3 rings (SSSR count). The molecule has 1 nitrogen and oxygen atoms in total. The van der Waals surface area contributed by atoms with Crippen LogP contribution in [-0.2, 0) is 19.3 Å². The molecule has 0 heterocycles. The lowest BCUT2D eigenvalue weighted by Gasteiger charge is -2.28. The Morgan fingerprint density at radius 1 is 1.05 bits per heavy atom. The Balaban J connectivity index is 1.70. The molecule has 1 N–H and O–H groups in total. The van der Waals surface area contributed by atoms with Crippen molar-refractivity contribution in [2.45, 2.75) is 31.8 Å². The third-order valence-electron chi connectivity index (χ3n) is 4.32. The van der Waals surface area contributed by atoms with Crippen LogP contribution in [0.25, 0.3) is 0 Å². The van der Waals surface area contributed by atoms with Crippen LogP contribution in [0.3, 0.4) is 0 Å². The van der Waals surface area contributed by atoms with E-state index in [0.29, 0.717) is 12.3 Å². The van der Waals surface area contributed by atoms with Crippen LogP contribution in [0.4, 0.5) is 0 Å². The Labute approximate surface area is 125 Å². The monoisotopic (exact) mass is 286 g/mol. The van der Waals surface area contributed by atoms with E-state index in [9.17, 15) is 5.11 Å². The Hall–Kier alpha value is -1.31. The lowest BCUT2D eigenvalue weighted by Crippen LogP contribution is -2.28. The van der Waals surface area contributed by atoms with Gasteiger partial charge in [0.25, 0.3) is 0 Å². The molecule has 0 fully saturated rings. The fraction of sp³-hybridized carbons (Fsp3) is 0.333. The number of halogens is 1. The van der Waals surface area contributed by atoms with Gasteiger partial charge in [0.05, 0.1) is 6.10 Å². The Kier molecular flexibility index (Phi) is 4.09. The topological polar surface area (TPSA) is 20.2 Å². The zero-order valence-electron chi connectivity index (χ0n) is 11.4. The summed E-state index contributed by atoms with van der Waals surface area (Å²) < 4.78 is 0. The minimum absolute atomic E-state index is 0.316. The fourth-order valence-corrected chi connectivity index (χ4v) is 3.32. The third kappa shape index (κ3) is 2.89. The van der Waals surface area contributed by atoms with Gasteiger partial charge < -0.3 is 5.11 Å². The molecule has 0 radical (unpaired) electrons. The van der Waals surface area contributed by atoms with E-state index in [1.54, 1.807) is 0 Å². The van der Waals surface area contributed by atoms with Gasteiger partial charge in [-0.15, -0.1) is 0 Å². The standard InChI is InChI=1S/C18H19ClO/c19-17-8-4-3-7-15(17)12-18(20)16-10-9-13-5-1-2-6-14(13)11-16/h1-8,16,18,20H,9-12H2. The summed E-state index contributed by atoms with van der Waals surface area (Å²) in [7, 11) is 0. The molecule has 2 atom stereocenters. The average Bonchev–Trinajstić information content (AvgIpc) is 2.49. The first-order valence-corrected chi connectivity index (χ1v) is 7.60. The van der Waals surface area contributed by atoms with Crippen LogP contribution in [0.1, 0.15) is 23.1 Å². The van der Waals surface area contributed by atoms with E-state index in [4.69, 9.17) is 11.6 Å². The van der Waals surface area contributed by atoms with Gasteiger partial charge in [-0.25, -0.2) is 0 Å². The summed E-state index contributed by atoms with van der Waals surface area (Å²) in [6, 6.07) is 16.4. The summed E-state index contributed by atoms with van der Waals surface area (Å²) >= 11 is 6.18. The van der Waals surface area contributed by atoms with Crippen molar-refractivity contribution in [1.82, 2.24) is 0 Å². The van der Waals surface area contributed by atoms with Crippen molar-refractivity contribution in [3.8, 4) is 0 Å². The maximum absolute atomic E-state index is 10.5. The van der Waals surface area contributed by atoms with Crippen LogP contribution in [0, 0.1) is 5.92 Å². The zero-order valence-corrected chi connectivity index (χ0v) is 12.2. The second kappa shape index (κ2) is 5.99. The molecule has 2 aromatic rings. The third-order valence-corrected chi connectivity index (χ3v) is 4.68. The van der Waals surface area contributed by atoms with Crippen LogP contribution in [0.2, 0.25) is 5.02 Å². The minimum Gasteiger partial charge on any atom is -0.392 e. The molecular weight excluding hydrogens is 268 g/mol. The molecule has 0 amide bonds. The van der Waals surface area contributed by atoms with Gasteiger partial charge in [-0.2, -0.15) is 0 Å². The predicted octanol–water partition coefficient (Wildman–Crippen LogP) is 4.05. The fourth-order valence-electron chi connectivity index (χ4n) is 3.11. The van der Waals surface area contributed by atoms with Crippen LogP contribution in [-0.4, -0.2) is 11.2 Å². The normalized spacial score (nSPS) is 19.4. The van der Waals surface area contributed by atoms with E-state index in [1.165, 1.54) is 11.1 Å². The van der Waals surface area contributed by atoms with Gasteiger partial charge in [0, 0.05) is 11.4 Å². The van der Waals surface area contributed by atoms with Crippen molar-refractivity contribution in [3.63, 3.8) is 0 Å². The molecule has 1 aliphatic carbocycles. The molecule has 0 spiro atoms. The highest BCUT2D eigenvalue weighted by Gasteiger charge is 2.25. The number of hydrogen-bond donors (Lipinski definition) is 1. The SMILES string of the molecule is OC(Cc1ccccc1Cl)C1CCc2ccccc2C1.